The largest absolute Gasteiger partial charge is 0.446 e. The summed E-state index contributed by atoms with van der Waals surface area (Å²) in [5, 5.41) is 0.104. The van der Waals surface area contributed by atoms with Crippen LogP contribution in [-0.2, 0) is 15.2 Å². The number of fused-ring (bicyclic) bond motifs is 1. The van der Waals surface area contributed by atoms with Crippen LogP contribution in [0.2, 0.25) is 5.02 Å². The molecule has 0 aliphatic carbocycles. The molecule has 1 unspecified atom stereocenters. The molecule has 0 amide bonds. The Morgan fingerprint density at radius 3 is 2.64 bits per heavy atom. The fraction of sp³-hybridized carbons (Fsp3) is 0.308. The van der Waals surface area contributed by atoms with Crippen LogP contribution in [0.4, 0.5) is 5.69 Å². The molecule has 0 fully saturated rings. The molecule has 1 aromatic rings. The van der Waals surface area contributed by atoms with E-state index in [9.17, 15) is 18.0 Å². The first-order valence-corrected chi connectivity index (χ1v) is 8.01. The van der Waals surface area contributed by atoms with E-state index in [2.05, 4.69) is 9.18 Å². The molecule has 1 aliphatic rings. The van der Waals surface area contributed by atoms with E-state index in [0.717, 1.165) is 6.07 Å². The number of rotatable bonds is 4. The van der Waals surface area contributed by atoms with Crippen LogP contribution in [0.15, 0.2) is 17.1 Å². The summed E-state index contributed by atoms with van der Waals surface area (Å²) in [5.41, 5.74) is 0.0586. The standard InChI is InChI=1S/C13H12ClNO6S/c1-3-8(16)10-6(2)15-12-7(14)4-5-9(11(12)13(10)17)21-22(18,19)20/h4-5,10H,3H2,1-2H3,(H,18,19,20). The molecule has 9 heteroatoms. The minimum atomic E-state index is -4.83. The molecule has 1 aromatic carbocycles. The number of hydrogen-bond donors (Lipinski definition) is 1. The van der Waals surface area contributed by atoms with E-state index in [4.69, 9.17) is 16.2 Å². The molecule has 118 valence electrons. The van der Waals surface area contributed by atoms with Crippen molar-refractivity contribution in [2.24, 2.45) is 10.9 Å². The number of aliphatic imine (C=N–C) groups is 1. The van der Waals surface area contributed by atoms with Crippen LogP contribution in [0.1, 0.15) is 30.6 Å². The van der Waals surface area contributed by atoms with Crippen molar-refractivity contribution in [2.75, 3.05) is 0 Å². The minimum absolute atomic E-state index is 0.0190. The lowest BCUT2D eigenvalue weighted by atomic mass is 9.85. The molecule has 1 aliphatic heterocycles. The highest BCUT2D eigenvalue weighted by Gasteiger charge is 2.37. The van der Waals surface area contributed by atoms with Crippen molar-refractivity contribution in [3.05, 3.63) is 22.7 Å². The molecule has 1 heterocycles. The number of ketones is 2. The monoisotopic (exact) mass is 345 g/mol. The maximum atomic E-state index is 12.6. The summed E-state index contributed by atoms with van der Waals surface area (Å²) in [6, 6.07) is 2.41. The third kappa shape index (κ3) is 3.03. The van der Waals surface area contributed by atoms with Gasteiger partial charge in [0.2, 0.25) is 0 Å². The van der Waals surface area contributed by atoms with Crippen molar-refractivity contribution in [3.8, 4) is 5.75 Å². The second-order valence-corrected chi connectivity index (χ2v) is 6.08. The highest BCUT2D eigenvalue weighted by Crippen LogP contribution is 2.41. The van der Waals surface area contributed by atoms with Gasteiger partial charge in [0.15, 0.2) is 11.5 Å². The van der Waals surface area contributed by atoms with Gasteiger partial charge >= 0.3 is 10.4 Å². The minimum Gasteiger partial charge on any atom is -0.361 e. The normalized spacial score (nSPS) is 17.7. The first-order chi connectivity index (χ1) is 10.2. The molecule has 0 saturated carbocycles. The first-order valence-electron chi connectivity index (χ1n) is 6.27. The second kappa shape index (κ2) is 5.79. The summed E-state index contributed by atoms with van der Waals surface area (Å²) >= 11 is 5.97. The van der Waals surface area contributed by atoms with E-state index in [1.54, 1.807) is 6.92 Å². The van der Waals surface area contributed by atoms with Gasteiger partial charge in [-0.25, -0.2) is 0 Å². The molecule has 0 spiro atoms. The molecular formula is C13H12ClNO6S. The van der Waals surface area contributed by atoms with E-state index < -0.39 is 27.8 Å². The van der Waals surface area contributed by atoms with Gasteiger partial charge in [0.25, 0.3) is 0 Å². The zero-order chi connectivity index (χ0) is 16.7. The molecule has 0 radical (unpaired) electrons. The topological polar surface area (TPSA) is 110 Å². The summed E-state index contributed by atoms with van der Waals surface area (Å²) in [6.07, 6.45) is 0.119. The number of nitrogens with zero attached hydrogens (tertiary/aromatic N) is 1. The van der Waals surface area contributed by atoms with Gasteiger partial charge in [0.05, 0.1) is 16.3 Å². The Labute approximate surface area is 131 Å². The van der Waals surface area contributed by atoms with Crippen molar-refractivity contribution in [3.63, 3.8) is 0 Å². The second-order valence-electron chi connectivity index (χ2n) is 4.65. The Hall–Kier alpha value is -1.77. The average Bonchev–Trinajstić information content (AvgIpc) is 2.40. The highest BCUT2D eigenvalue weighted by molar-refractivity contribution is 7.81. The molecule has 0 bridgehead atoms. The Bertz CT molecular complexity index is 799. The molecule has 0 saturated heterocycles. The van der Waals surface area contributed by atoms with Crippen LogP contribution in [0.5, 0.6) is 5.75 Å². The molecule has 1 atom stereocenters. The summed E-state index contributed by atoms with van der Waals surface area (Å²) in [5.74, 6) is -2.54. The predicted molar refractivity (Wildman–Crippen MR) is 79.5 cm³/mol. The lowest BCUT2D eigenvalue weighted by Crippen LogP contribution is -2.33. The van der Waals surface area contributed by atoms with E-state index in [0.29, 0.717) is 0 Å². The van der Waals surface area contributed by atoms with E-state index >= 15 is 0 Å². The number of halogens is 1. The molecule has 2 rings (SSSR count). The quantitative estimate of drug-likeness (QED) is 0.662. The summed E-state index contributed by atoms with van der Waals surface area (Å²) in [6.45, 7) is 3.12. The van der Waals surface area contributed by atoms with Crippen molar-refractivity contribution in [1.82, 2.24) is 0 Å². The molecule has 0 aromatic heterocycles. The first kappa shape index (κ1) is 16.6. The maximum Gasteiger partial charge on any atom is 0.446 e. The van der Waals surface area contributed by atoms with Crippen molar-refractivity contribution in [2.45, 2.75) is 20.3 Å². The van der Waals surface area contributed by atoms with Crippen molar-refractivity contribution in [1.29, 1.82) is 0 Å². The van der Waals surface area contributed by atoms with Crippen molar-refractivity contribution < 1.29 is 26.7 Å². The molecule has 1 N–H and O–H groups in total. The molecule has 22 heavy (non-hydrogen) atoms. The Morgan fingerprint density at radius 1 is 1.45 bits per heavy atom. The number of carbonyl (C=O) groups excluding carboxylic acids is 2. The van der Waals surface area contributed by atoms with Crippen LogP contribution in [0.3, 0.4) is 0 Å². The van der Waals surface area contributed by atoms with Crippen molar-refractivity contribution >= 4 is 45.0 Å². The number of hydrogen-bond acceptors (Lipinski definition) is 6. The van der Waals surface area contributed by atoms with Gasteiger partial charge in [-0.2, -0.15) is 8.42 Å². The fourth-order valence-electron chi connectivity index (χ4n) is 2.24. The van der Waals surface area contributed by atoms with E-state index in [1.807, 2.05) is 0 Å². The van der Waals surface area contributed by atoms with Crippen LogP contribution >= 0.6 is 11.6 Å². The Kier molecular flexibility index (Phi) is 4.37. The van der Waals surface area contributed by atoms with Crippen LogP contribution in [-0.4, -0.2) is 30.2 Å². The third-order valence-corrected chi connectivity index (χ3v) is 3.87. The van der Waals surface area contributed by atoms with E-state index in [-0.39, 0.29) is 34.2 Å². The van der Waals surface area contributed by atoms with Crippen LogP contribution in [0.25, 0.3) is 0 Å². The lowest BCUT2D eigenvalue weighted by molar-refractivity contribution is -0.119. The zero-order valence-electron chi connectivity index (χ0n) is 11.7. The number of carbonyl (C=O) groups is 2. The highest BCUT2D eigenvalue weighted by atomic mass is 35.5. The predicted octanol–water partition coefficient (Wildman–Crippen LogP) is 2.41. The lowest BCUT2D eigenvalue weighted by Gasteiger charge is -2.22. The third-order valence-electron chi connectivity index (χ3n) is 3.17. The van der Waals surface area contributed by atoms with Gasteiger partial charge in [-0.3, -0.25) is 19.1 Å². The van der Waals surface area contributed by atoms with Gasteiger partial charge in [0.1, 0.15) is 11.7 Å². The Morgan fingerprint density at radius 2 is 2.09 bits per heavy atom. The van der Waals surface area contributed by atoms with Gasteiger partial charge in [-0.15, -0.1) is 0 Å². The summed E-state index contributed by atoms with van der Waals surface area (Å²) < 4.78 is 35.0. The van der Waals surface area contributed by atoms with Gasteiger partial charge < -0.3 is 4.18 Å². The molecule has 7 nitrogen and oxygen atoms in total. The van der Waals surface area contributed by atoms with Gasteiger partial charge in [-0.05, 0) is 19.1 Å². The van der Waals surface area contributed by atoms with Crippen LogP contribution in [0, 0.1) is 5.92 Å². The number of benzene rings is 1. The summed E-state index contributed by atoms with van der Waals surface area (Å²) in [4.78, 5) is 28.6. The smallest absolute Gasteiger partial charge is 0.361 e. The Balaban J connectivity index is 2.68. The van der Waals surface area contributed by atoms with Gasteiger partial charge in [-0.1, -0.05) is 18.5 Å². The van der Waals surface area contributed by atoms with Crippen LogP contribution < -0.4 is 4.18 Å². The zero-order valence-corrected chi connectivity index (χ0v) is 13.2. The SMILES string of the molecule is CCC(=O)C1C(=O)c2c(OS(=O)(=O)O)ccc(Cl)c2N=C1C. The molecular weight excluding hydrogens is 334 g/mol. The summed E-state index contributed by atoms with van der Waals surface area (Å²) in [7, 11) is -4.83. The average molecular weight is 346 g/mol. The van der Waals surface area contributed by atoms with E-state index in [1.165, 1.54) is 13.0 Å². The fourth-order valence-corrected chi connectivity index (χ4v) is 2.80. The van der Waals surface area contributed by atoms with Gasteiger partial charge in [0, 0.05) is 12.1 Å². The maximum absolute atomic E-state index is 12.6. The number of Topliss-reactive ketones (excluding diaryl/α,β-unsaturated/α-hetero) is 2.